The van der Waals surface area contributed by atoms with E-state index in [1.807, 2.05) is 38.2 Å². The Morgan fingerprint density at radius 1 is 1.50 bits per heavy atom. The number of nitrogens with zero attached hydrogens (tertiary/aromatic N) is 2. The number of hydrogen-bond donors (Lipinski definition) is 2. The van der Waals surface area contributed by atoms with Gasteiger partial charge in [0.25, 0.3) is 0 Å². The lowest BCUT2D eigenvalue weighted by molar-refractivity contribution is 0.0566. The molecule has 0 radical (unpaired) electrons. The molecule has 3 rings (SSSR count). The summed E-state index contributed by atoms with van der Waals surface area (Å²) in [5.41, 5.74) is 2.34. The van der Waals surface area contributed by atoms with Crippen LogP contribution in [0.5, 0.6) is 0 Å². The lowest BCUT2D eigenvalue weighted by atomic mass is 9.99. The second kappa shape index (κ2) is 4.79. The standard InChI is InChI=1S/C15H18ClN3O/c1-10-15(2,20)5-6-19(10)12-3-4-13(14(16)7-12)11-8-17-18-9-11/h3-4,7-10,20H,5-6H2,1-2H3,(H,17,18)/t10-,15-/m0/s1. The van der Waals surface area contributed by atoms with Crippen molar-refractivity contribution in [2.45, 2.75) is 31.9 Å². The molecule has 2 atom stereocenters. The van der Waals surface area contributed by atoms with Gasteiger partial charge >= 0.3 is 0 Å². The first-order chi connectivity index (χ1) is 9.49. The van der Waals surface area contributed by atoms with Crippen molar-refractivity contribution in [3.05, 3.63) is 35.6 Å². The summed E-state index contributed by atoms with van der Waals surface area (Å²) >= 11 is 6.39. The maximum Gasteiger partial charge on any atom is 0.0836 e. The zero-order valence-corrected chi connectivity index (χ0v) is 12.4. The van der Waals surface area contributed by atoms with Crippen molar-refractivity contribution in [3.63, 3.8) is 0 Å². The smallest absolute Gasteiger partial charge is 0.0836 e. The van der Waals surface area contributed by atoms with Crippen molar-refractivity contribution in [1.82, 2.24) is 10.2 Å². The van der Waals surface area contributed by atoms with Crippen molar-refractivity contribution >= 4 is 17.3 Å². The summed E-state index contributed by atoms with van der Waals surface area (Å²) in [4.78, 5) is 2.20. The van der Waals surface area contributed by atoms with Gasteiger partial charge in [0.05, 0.1) is 22.9 Å². The molecule has 1 aromatic heterocycles. The third kappa shape index (κ3) is 2.19. The van der Waals surface area contributed by atoms with Crippen LogP contribution in [0, 0.1) is 0 Å². The Morgan fingerprint density at radius 3 is 2.85 bits per heavy atom. The van der Waals surface area contributed by atoms with Crippen molar-refractivity contribution in [3.8, 4) is 11.1 Å². The second-order valence-corrected chi connectivity index (χ2v) is 6.03. The van der Waals surface area contributed by atoms with Crippen LogP contribution in [0.25, 0.3) is 11.1 Å². The van der Waals surface area contributed by atoms with E-state index in [4.69, 9.17) is 11.6 Å². The van der Waals surface area contributed by atoms with Gasteiger partial charge in [-0.15, -0.1) is 0 Å². The van der Waals surface area contributed by atoms with Gasteiger partial charge in [0.2, 0.25) is 0 Å². The van der Waals surface area contributed by atoms with Gasteiger partial charge in [-0.25, -0.2) is 0 Å². The van der Waals surface area contributed by atoms with Crippen LogP contribution in [0.1, 0.15) is 20.3 Å². The highest BCUT2D eigenvalue weighted by Crippen LogP contribution is 2.36. The number of H-pyrrole nitrogens is 1. The Balaban J connectivity index is 1.92. The Hall–Kier alpha value is -1.52. The molecular formula is C15H18ClN3O. The lowest BCUT2D eigenvalue weighted by Gasteiger charge is -2.30. The average molecular weight is 292 g/mol. The maximum absolute atomic E-state index is 10.3. The first-order valence-electron chi connectivity index (χ1n) is 6.77. The highest BCUT2D eigenvalue weighted by atomic mass is 35.5. The third-order valence-corrected chi connectivity index (χ3v) is 4.63. The van der Waals surface area contributed by atoms with Crippen molar-refractivity contribution < 1.29 is 5.11 Å². The van der Waals surface area contributed by atoms with Gasteiger partial charge in [0.1, 0.15) is 0 Å². The fraction of sp³-hybridized carbons (Fsp3) is 0.400. The lowest BCUT2D eigenvalue weighted by Crippen LogP contribution is -2.40. The van der Waals surface area contributed by atoms with Gasteiger partial charge in [0, 0.05) is 29.6 Å². The molecule has 4 nitrogen and oxygen atoms in total. The van der Waals surface area contributed by atoms with E-state index in [1.165, 1.54) is 0 Å². The van der Waals surface area contributed by atoms with Crippen LogP contribution in [0.2, 0.25) is 5.02 Å². The first-order valence-corrected chi connectivity index (χ1v) is 7.14. The predicted molar refractivity (Wildman–Crippen MR) is 81.1 cm³/mol. The van der Waals surface area contributed by atoms with Gasteiger partial charge in [-0.1, -0.05) is 17.7 Å². The highest BCUT2D eigenvalue weighted by Gasteiger charge is 2.39. The van der Waals surface area contributed by atoms with Crippen LogP contribution in [0.4, 0.5) is 5.69 Å². The van der Waals surface area contributed by atoms with Crippen LogP contribution < -0.4 is 4.90 Å². The molecule has 5 heteroatoms. The summed E-state index contributed by atoms with van der Waals surface area (Å²) < 4.78 is 0. The fourth-order valence-corrected chi connectivity index (χ4v) is 3.04. The second-order valence-electron chi connectivity index (χ2n) is 5.63. The molecule has 106 valence electrons. The largest absolute Gasteiger partial charge is 0.388 e. The summed E-state index contributed by atoms with van der Waals surface area (Å²) in [5, 5.41) is 17.7. The Bertz CT molecular complexity index is 610. The average Bonchev–Trinajstić information content (AvgIpc) is 3.00. The van der Waals surface area contributed by atoms with Crippen LogP contribution in [0.3, 0.4) is 0 Å². The summed E-state index contributed by atoms with van der Waals surface area (Å²) in [6.07, 6.45) is 4.35. The predicted octanol–water partition coefficient (Wildman–Crippen LogP) is 3.08. The summed E-state index contributed by atoms with van der Waals surface area (Å²) in [5.74, 6) is 0. The van der Waals surface area contributed by atoms with Crippen molar-refractivity contribution in [2.75, 3.05) is 11.4 Å². The number of halogens is 1. The normalized spacial score (nSPS) is 26.2. The van der Waals surface area contributed by atoms with E-state index < -0.39 is 5.60 Å². The minimum atomic E-state index is -0.643. The number of aliphatic hydroxyl groups is 1. The number of rotatable bonds is 2. The molecule has 0 aliphatic carbocycles. The molecule has 1 aliphatic heterocycles. The van der Waals surface area contributed by atoms with E-state index in [0.29, 0.717) is 5.02 Å². The molecular weight excluding hydrogens is 274 g/mol. The third-order valence-electron chi connectivity index (χ3n) is 4.32. The van der Waals surface area contributed by atoms with Crippen LogP contribution in [-0.4, -0.2) is 33.5 Å². The van der Waals surface area contributed by atoms with Crippen LogP contribution in [0.15, 0.2) is 30.6 Å². The first kappa shape index (κ1) is 13.5. The Kier molecular flexibility index (Phi) is 3.22. The molecule has 2 aromatic rings. The molecule has 0 amide bonds. The molecule has 20 heavy (non-hydrogen) atoms. The number of aromatic amines is 1. The van der Waals surface area contributed by atoms with E-state index in [-0.39, 0.29) is 6.04 Å². The Morgan fingerprint density at radius 2 is 2.30 bits per heavy atom. The summed E-state index contributed by atoms with van der Waals surface area (Å²) in [7, 11) is 0. The number of benzene rings is 1. The monoisotopic (exact) mass is 291 g/mol. The minimum absolute atomic E-state index is 0.0818. The number of anilines is 1. The number of aromatic nitrogens is 2. The topological polar surface area (TPSA) is 52.2 Å². The van der Waals surface area contributed by atoms with Crippen molar-refractivity contribution in [2.24, 2.45) is 0 Å². The van der Waals surface area contributed by atoms with Gasteiger partial charge in [-0.2, -0.15) is 5.10 Å². The molecule has 0 saturated carbocycles. The van der Waals surface area contributed by atoms with Crippen LogP contribution in [-0.2, 0) is 0 Å². The van der Waals surface area contributed by atoms with E-state index in [2.05, 4.69) is 15.1 Å². The molecule has 0 unspecified atom stereocenters. The highest BCUT2D eigenvalue weighted by molar-refractivity contribution is 6.33. The van der Waals surface area contributed by atoms with Gasteiger partial charge in [-0.3, -0.25) is 5.10 Å². The molecule has 1 aliphatic rings. The molecule has 1 saturated heterocycles. The summed E-state index contributed by atoms with van der Waals surface area (Å²) in [6, 6.07) is 6.09. The quantitative estimate of drug-likeness (QED) is 0.894. The molecule has 0 bridgehead atoms. The van der Waals surface area contributed by atoms with E-state index in [9.17, 15) is 5.11 Å². The molecule has 0 spiro atoms. The molecule has 2 heterocycles. The van der Waals surface area contributed by atoms with E-state index in [1.54, 1.807) is 6.20 Å². The minimum Gasteiger partial charge on any atom is -0.388 e. The maximum atomic E-state index is 10.3. The van der Waals surface area contributed by atoms with E-state index >= 15 is 0 Å². The number of hydrogen-bond acceptors (Lipinski definition) is 3. The van der Waals surface area contributed by atoms with E-state index in [0.717, 1.165) is 29.8 Å². The van der Waals surface area contributed by atoms with Gasteiger partial charge in [-0.05, 0) is 32.4 Å². The van der Waals surface area contributed by atoms with Gasteiger partial charge < -0.3 is 10.0 Å². The zero-order valence-electron chi connectivity index (χ0n) is 11.6. The molecule has 2 N–H and O–H groups in total. The SMILES string of the molecule is C[C@@H]1N(c2ccc(-c3cn[nH]c3)c(Cl)c2)CC[C@]1(C)O. The number of nitrogens with one attached hydrogen (secondary N) is 1. The molecule has 1 fully saturated rings. The zero-order chi connectivity index (χ0) is 14.3. The summed E-state index contributed by atoms with van der Waals surface area (Å²) in [6.45, 7) is 4.78. The van der Waals surface area contributed by atoms with Crippen molar-refractivity contribution in [1.29, 1.82) is 0 Å². The fourth-order valence-electron chi connectivity index (χ4n) is 2.75. The van der Waals surface area contributed by atoms with Crippen LogP contribution >= 0.6 is 11.6 Å². The van der Waals surface area contributed by atoms with Gasteiger partial charge in [0.15, 0.2) is 0 Å². The Labute approximate surface area is 123 Å². The molecule has 1 aromatic carbocycles.